The van der Waals surface area contributed by atoms with Crippen LogP contribution in [0.15, 0.2) is 41.7 Å². The molecule has 0 aliphatic heterocycles. The maximum Gasteiger partial charge on any atom is 0.187 e. The molecule has 2 aromatic rings. The maximum atomic E-state index is 8.66. The van der Waals surface area contributed by atoms with Gasteiger partial charge in [0.25, 0.3) is 0 Å². The number of aryl methyl sites for hydroxylation is 1. The van der Waals surface area contributed by atoms with Gasteiger partial charge in [-0.15, -0.1) is 0 Å². The fourth-order valence-electron chi connectivity index (χ4n) is 1.50. The van der Waals surface area contributed by atoms with Crippen molar-refractivity contribution < 1.29 is 5.21 Å². The number of amidine groups is 1. The number of oxime groups is 1. The van der Waals surface area contributed by atoms with Crippen LogP contribution >= 0.6 is 0 Å². The molecular formula is C11H12N4O. The Morgan fingerprint density at radius 2 is 2.19 bits per heavy atom. The number of hydrogen-bond donors (Lipinski definition) is 2. The summed E-state index contributed by atoms with van der Waals surface area (Å²) in [5, 5.41) is 11.6. The van der Waals surface area contributed by atoms with E-state index in [-0.39, 0.29) is 5.84 Å². The maximum absolute atomic E-state index is 8.66. The summed E-state index contributed by atoms with van der Waals surface area (Å²) in [6, 6.07) is 9.27. The predicted molar refractivity (Wildman–Crippen MR) is 60.8 cm³/mol. The fraction of sp³-hybridized carbons (Fsp3) is 0.0909. The quantitative estimate of drug-likeness (QED) is 0.343. The van der Waals surface area contributed by atoms with Gasteiger partial charge in [-0.3, -0.25) is 4.57 Å². The van der Waals surface area contributed by atoms with Crippen molar-refractivity contribution in [2.24, 2.45) is 10.9 Å². The lowest BCUT2D eigenvalue weighted by molar-refractivity contribution is 0.318. The topological polar surface area (TPSA) is 76.4 Å². The van der Waals surface area contributed by atoms with Crippen molar-refractivity contribution in [2.75, 3.05) is 0 Å². The van der Waals surface area contributed by atoms with Crippen LogP contribution in [0.25, 0.3) is 5.82 Å². The number of nitrogens with two attached hydrogens (primary N) is 1. The van der Waals surface area contributed by atoms with E-state index in [9.17, 15) is 0 Å². The molecule has 82 valence electrons. The molecule has 5 heteroatoms. The molecule has 2 heterocycles. The minimum atomic E-state index is 0.0632. The molecule has 0 fully saturated rings. The molecule has 3 N–H and O–H groups in total. The molecule has 0 aliphatic carbocycles. The molecule has 0 saturated carbocycles. The summed E-state index contributed by atoms with van der Waals surface area (Å²) in [5.74, 6) is 0.805. The second-order valence-corrected chi connectivity index (χ2v) is 3.39. The van der Waals surface area contributed by atoms with Crippen LogP contribution in [0.4, 0.5) is 0 Å². The molecule has 2 rings (SSSR count). The minimum absolute atomic E-state index is 0.0632. The van der Waals surface area contributed by atoms with Crippen LogP contribution in [0, 0.1) is 6.92 Å². The van der Waals surface area contributed by atoms with Crippen molar-refractivity contribution in [1.29, 1.82) is 0 Å². The third-order valence-corrected chi connectivity index (χ3v) is 2.24. The Bertz CT molecular complexity index is 530. The zero-order valence-corrected chi connectivity index (χ0v) is 8.83. The van der Waals surface area contributed by atoms with E-state index >= 15 is 0 Å². The summed E-state index contributed by atoms with van der Waals surface area (Å²) in [6.07, 6.45) is 1.81. The first-order valence-corrected chi connectivity index (χ1v) is 4.81. The van der Waals surface area contributed by atoms with Crippen LogP contribution in [0.3, 0.4) is 0 Å². The summed E-state index contributed by atoms with van der Waals surface area (Å²) in [6.45, 7) is 1.91. The van der Waals surface area contributed by atoms with Crippen molar-refractivity contribution in [3.8, 4) is 5.82 Å². The van der Waals surface area contributed by atoms with Crippen LogP contribution < -0.4 is 5.73 Å². The van der Waals surface area contributed by atoms with Crippen molar-refractivity contribution >= 4 is 5.84 Å². The molecule has 0 unspecified atom stereocenters. The fourth-order valence-corrected chi connectivity index (χ4v) is 1.50. The lowest BCUT2D eigenvalue weighted by Gasteiger charge is -2.07. The van der Waals surface area contributed by atoms with E-state index in [1.807, 2.05) is 37.4 Å². The molecular weight excluding hydrogens is 204 g/mol. The molecule has 16 heavy (non-hydrogen) atoms. The van der Waals surface area contributed by atoms with Gasteiger partial charge in [-0.25, -0.2) is 4.98 Å². The normalized spacial score (nSPS) is 11.7. The first-order valence-electron chi connectivity index (χ1n) is 4.81. The van der Waals surface area contributed by atoms with Gasteiger partial charge in [0.05, 0.1) is 5.69 Å². The summed E-state index contributed by atoms with van der Waals surface area (Å²) in [7, 11) is 0. The van der Waals surface area contributed by atoms with Gasteiger partial charge in [0, 0.05) is 11.9 Å². The van der Waals surface area contributed by atoms with E-state index in [0.29, 0.717) is 5.69 Å². The number of rotatable bonds is 2. The molecule has 0 radical (unpaired) electrons. The van der Waals surface area contributed by atoms with E-state index in [4.69, 9.17) is 10.9 Å². The highest BCUT2D eigenvalue weighted by Crippen LogP contribution is 2.10. The van der Waals surface area contributed by atoms with Gasteiger partial charge in [-0.2, -0.15) is 0 Å². The zero-order valence-electron chi connectivity index (χ0n) is 8.83. The first-order chi connectivity index (χ1) is 7.72. The Labute approximate surface area is 92.8 Å². The SMILES string of the molecule is Cc1cccc(-n2cccc2/C(N)=N/O)n1. The van der Waals surface area contributed by atoms with Gasteiger partial charge >= 0.3 is 0 Å². The average Bonchev–Trinajstić information content (AvgIpc) is 2.77. The van der Waals surface area contributed by atoms with E-state index in [1.54, 1.807) is 10.6 Å². The van der Waals surface area contributed by atoms with Gasteiger partial charge in [0.1, 0.15) is 5.82 Å². The second kappa shape index (κ2) is 4.06. The number of nitrogens with zero attached hydrogens (tertiary/aromatic N) is 3. The van der Waals surface area contributed by atoms with Crippen LogP contribution in [0.2, 0.25) is 0 Å². The monoisotopic (exact) mass is 216 g/mol. The molecule has 0 atom stereocenters. The number of hydrogen-bond acceptors (Lipinski definition) is 3. The van der Waals surface area contributed by atoms with E-state index < -0.39 is 0 Å². The Balaban J connectivity index is 2.53. The van der Waals surface area contributed by atoms with E-state index in [0.717, 1.165) is 11.5 Å². The highest BCUT2D eigenvalue weighted by atomic mass is 16.4. The van der Waals surface area contributed by atoms with Gasteiger partial charge in [0.15, 0.2) is 5.84 Å². The zero-order chi connectivity index (χ0) is 11.5. The van der Waals surface area contributed by atoms with Gasteiger partial charge < -0.3 is 10.9 Å². The van der Waals surface area contributed by atoms with Crippen LogP contribution in [-0.4, -0.2) is 20.6 Å². The third-order valence-electron chi connectivity index (χ3n) is 2.24. The van der Waals surface area contributed by atoms with Gasteiger partial charge in [-0.05, 0) is 31.2 Å². The molecule has 0 spiro atoms. The molecule has 0 aliphatic rings. The standard InChI is InChI=1S/C11H12N4O/c1-8-4-2-6-10(13-8)15-7-3-5-9(15)11(12)14-16/h2-7,16H,1H3,(H2,12,14). The predicted octanol–water partition coefficient (Wildman–Crippen LogP) is 1.28. The molecule has 0 aromatic carbocycles. The summed E-state index contributed by atoms with van der Waals surface area (Å²) >= 11 is 0. The van der Waals surface area contributed by atoms with Crippen LogP contribution in [0.1, 0.15) is 11.4 Å². The minimum Gasteiger partial charge on any atom is -0.409 e. The molecule has 0 amide bonds. The number of aromatic nitrogens is 2. The Morgan fingerprint density at radius 3 is 2.88 bits per heavy atom. The van der Waals surface area contributed by atoms with Gasteiger partial charge in [0.2, 0.25) is 0 Å². The highest BCUT2D eigenvalue weighted by Gasteiger charge is 2.07. The van der Waals surface area contributed by atoms with E-state index in [2.05, 4.69) is 10.1 Å². The summed E-state index contributed by atoms with van der Waals surface area (Å²) in [4.78, 5) is 4.36. The lowest BCUT2D eigenvalue weighted by atomic mass is 10.3. The third kappa shape index (κ3) is 1.75. The molecule has 2 aromatic heterocycles. The Morgan fingerprint density at radius 1 is 1.38 bits per heavy atom. The van der Waals surface area contributed by atoms with Gasteiger partial charge in [-0.1, -0.05) is 11.2 Å². The Hall–Kier alpha value is -2.30. The van der Waals surface area contributed by atoms with E-state index in [1.165, 1.54) is 0 Å². The van der Waals surface area contributed by atoms with Crippen LogP contribution in [-0.2, 0) is 0 Å². The average molecular weight is 216 g/mol. The molecule has 0 saturated heterocycles. The summed E-state index contributed by atoms with van der Waals surface area (Å²) in [5.41, 5.74) is 7.09. The highest BCUT2D eigenvalue weighted by molar-refractivity contribution is 5.96. The molecule has 5 nitrogen and oxygen atoms in total. The lowest BCUT2D eigenvalue weighted by Crippen LogP contribution is -2.17. The number of pyridine rings is 1. The van der Waals surface area contributed by atoms with Crippen molar-refractivity contribution in [3.63, 3.8) is 0 Å². The largest absolute Gasteiger partial charge is 0.409 e. The van der Waals surface area contributed by atoms with Crippen molar-refractivity contribution in [2.45, 2.75) is 6.92 Å². The first kappa shape index (κ1) is 10.2. The molecule has 0 bridgehead atoms. The van der Waals surface area contributed by atoms with Crippen molar-refractivity contribution in [1.82, 2.24) is 9.55 Å². The Kier molecular flexibility index (Phi) is 2.59. The van der Waals surface area contributed by atoms with Crippen LogP contribution in [0.5, 0.6) is 0 Å². The van der Waals surface area contributed by atoms with Crippen molar-refractivity contribution in [3.05, 3.63) is 47.9 Å². The summed E-state index contributed by atoms with van der Waals surface area (Å²) < 4.78 is 1.77. The second-order valence-electron chi connectivity index (χ2n) is 3.39. The smallest absolute Gasteiger partial charge is 0.187 e.